The highest BCUT2D eigenvalue weighted by molar-refractivity contribution is 5.90. The summed E-state index contributed by atoms with van der Waals surface area (Å²) in [6.07, 6.45) is 0. The summed E-state index contributed by atoms with van der Waals surface area (Å²) in [7, 11) is 0. The van der Waals surface area contributed by atoms with E-state index >= 15 is 0 Å². The lowest BCUT2D eigenvalue weighted by Crippen LogP contribution is -2.09. The van der Waals surface area contributed by atoms with E-state index in [9.17, 15) is 22.4 Å². The number of nitrogen functional groups attached to an aromatic ring is 2. The molecule has 1 aromatic heterocycles. The normalized spacial score (nSPS) is 11.1. The summed E-state index contributed by atoms with van der Waals surface area (Å²) in [6.45, 7) is 0. The highest BCUT2D eigenvalue weighted by Crippen LogP contribution is 2.31. The molecule has 0 bridgehead atoms. The van der Waals surface area contributed by atoms with Crippen molar-refractivity contribution in [2.75, 3.05) is 11.5 Å². The number of rotatable bonds is 1. The monoisotopic (exact) mass is 324 g/mol. The van der Waals surface area contributed by atoms with Gasteiger partial charge in [0.1, 0.15) is 11.6 Å². The van der Waals surface area contributed by atoms with Crippen LogP contribution >= 0.6 is 0 Å². The fourth-order valence-corrected chi connectivity index (χ4v) is 2.15. The highest BCUT2D eigenvalue weighted by atomic mass is 19.2. The molecule has 23 heavy (non-hydrogen) atoms. The second-order valence-electron chi connectivity index (χ2n) is 4.77. The van der Waals surface area contributed by atoms with E-state index in [0.717, 1.165) is 12.1 Å². The Morgan fingerprint density at radius 2 is 1.61 bits per heavy atom. The Kier molecular flexibility index (Phi) is 3.24. The largest absolute Gasteiger partial charge is 0.453 e. The number of fused-ring (bicyclic) bond motifs is 1. The Morgan fingerprint density at radius 1 is 0.913 bits per heavy atom. The van der Waals surface area contributed by atoms with E-state index in [0.29, 0.717) is 0 Å². The summed E-state index contributed by atoms with van der Waals surface area (Å²) >= 11 is 0. The van der Waals surface area contributed by atoms with Gasteiger partial charge < -0.3 is 15.9 Å². The molecule has 8 heteroatoms. The van der Waals surface area contributed by atoms with Crippen LogP contribution in [0.25, 0.3) is 22.3 Å². The van der Waals surface area contributed by atoms with Gasteiger partial charge in [-0.3, -0.25) is 4.79 Å². The van der Waals surface area contributed by atoms with Crippen molar-refractivity contribution in [1.29, 1.82) is 0 Å². The first-order valence-electron chi connectivity index (χ1n) is 6.26. The van der Waals surface area contributed by atoms with Crippen molar-refractivity contribution < 1.29 is 22.0 Å². The van der Waals surface area contributed by atoms with Crippen LogP contribution in [0.3, 0.4) is 0 Å². The van der Waals surface area contributed by atoms with E-state index in [4.69, 9.17) is 15.9 Å². The maximum atomic E-state index is 13.9. The smallest absolute Gasteiger partial charge is 0.205 e. The molecule has 1 heterocycles. The molecule has 0 amide bonds. The molecule has 0 atom stereocenters. The van der Waals surface area contributed by atoms with Gasteiger partial charge in [0.2, 0.25) is 5.82 Å². The molecule has 0 saturated heterocycles. The lowest BCUT2D eigenvalue weighted by atomic mass is 10.1. The first-order chi connectivity index (χ1) is 10.8. The molecule has 3 aromatic rings. The summed E-state index contributed by atoms with van der Waals surface area (Å²) < 4.78 is 59.3. The minimum absolute atomic E-state index is 0.0680. The molecule has 0 aliphatic carbocycles. The molecule has 0 aliphatic rings. The third kappa shape index (κ3) is 2.19. The molecule has 118 valence electrons. The summed E-state index contributed by atoms with van der Waals surface area (Å²) in [5.74, 6) is -6.25. The zero-order valence-corrected chi connectivity index (χ0v) is 11.3. The van der Waals surface area contributed by atoms with Crippen LogP contribution < -0.4 is 16.9 Å². The number of anilines is 2. The lowest BCUT2D eigenvalue weighted by Gasteiger charge is -2.08. The van der Waals surface area contributed by atoms with Gasteiger partial charge in [0, 0.05) is 11.6 Å². The van der Waals surface area contributed by atoms with Gasteiger partial charge in [0.25, 0.3) is 0 Å². The van der Waals surface area contributed by atoms with E-state index in [2.05, 4.69) is 0 Å². The van der Waals surface area contributed by atoms with Gasteiger partial charge in [-0.25, -0.2) is 13.2 Å². The molecule has 4 nitrogen and oxygen atoms in total. The second-order valence-corrected chi connectivity index (χ2v) is 4.77. The minimum Gasteiger partial charge on any atom is -0.453 e. The lowest BCUT2D eigenvalue weighted by molar-refractivity contribution is 0.443. The summed E-state index contributed by atoms with van der Waals surface area (Å²) in [5.41, 5.74) is 7.97. The van der Waals surface area contributed by atoms with Crippen molar-refractivity contribution in [3.05, 3.63) is 57.8 Å². The zero-order chi connectivity index (χ0) is 16.9. The maximum Gasteiger partial charge on any atom is 0.205 e. The van der Waals surface area contributed by atoms with Crippen LogP contribution in [-0.4, -0.2) is 0 Å². The second kappa shape index (κ2) is 5.01. The minimum atomic E-state index is -1.86. The third-order valence-corrected chi connectivity index (χ3v) is 3.32. The van der Waals surface area contributed by atoms with E-state index in [1.807, 2.05) is 0 Å². The average Bonchev–Trinajstić information content (AvgIpc) is 2.52. The van der Waals surface area contributed by atoms with Gasteiger partial charge in [0.15, 0.2) is 22.6 Å². The van der Waals surface area contributed by atoms with Gasteiger partial charge in [0.05, 0.1) is 16.8 Å². The predicted molar refractivity (Wildman–Crippen MR) is 76.6 cm³/mol. The molecule has 0 radical (unpaired) electrons. The molecule has 0 fully saturated rings. The predicted octanol–water partition coefficient (Wildman–Crippen LogP) is 3.18. The Balaban J connectivity index is 2.38. The summed E-state index contributed by atoms with van der Waals surface area (Å²) in [6, 6.07) is 4.37. The first-order valence-corrected chi connectivity index (χ1v) is 6.26. The molecule has 3 rings (SSSR count). The quantitative estimate of drug-likeness (QED) is 0.409. The fraction of sp³-hybridized carbons (Fsp3) is 0. The zero-order valence-electron chi connectivity index (χ0n) is 11.3. The van der Waals surface area contributed by atoms with E-state index in [-0.39, 0.29) is 17.0 Å². The molecule has 4 N–H and O–H groups in total. The number of nitrogens with two attached hydrogens (primary N) is 2. The average molecular weight is 324 g/mol. The Morgan fingerprint density at radius 3 is 2.26 bits per heavy atom. The molecule has 0 unspecified atom stereocenters. The van der Waals surface area contributed by atoms with Gasteiger partial charge in [-0.05, 0) is 18.2 Å². The Bertz CT molecular complexity index is 1010. The molecular formula is C15H8F4N2O2. The van der Waals surface area contributed by atoms with E-state index in [1.165, 1.54) is 12.1 Å². The molecule has 0 saturated carbocycles. The number of halogens is 4. The van der Waals surface area contributed by atoms with Crippen LogP contribution in [0.1, 0.15) is 0 Å². The van der Waals surface area contributed by atoms with Crippen LogP contribution in [-0.2, 0) is 0 Å². The maximum absolute atomic E-state index is 13.9. The van der Waals surface area contributed by atoms with Crippen LogP contribution in [0.2, 0.25) is 0 Å². The van der Waals surface area contributed by atoms with Gasteiger partial charge >= 0.3 is 0 Å². The van der Waals surface area contributed by atoms with E-state index < -0.39 is 45.4 Å². The Labute approximate surface area is 125 Å². The van der Waals surface area contributed by atoms with Gasteiger partial charge in [-0.15, -0.1) is 0 Å². The van der Waals surface area contributed by atoms with Crippen molar-refractivity contribution in [3.8, 4) is 11.3 Å². The van der Waals surface area contributed by atoms with Crippen LogP contribution in [0.4, 0.5) is 28.9 Å². The highest BCUT2D eigenvalue weighted by Gasteiger charge is 2.23. The van der Waals surface area contributed by atoms with Gasteiger partial charge in [-0.2, -0.15) is 4.39 Å². The molecule has 0 aliphatic heterocycles. The third-order valence-electron chi connectivity index (χ3n) is 3.32. The summed E-state index contributed by atoms with van der Waals surface area (Å²) in [5, 5.41) is -0.624. The fourth-order valence-electron chi connectivity index (χ4n) is 2.15. The van der Waals surface area contributed by atoms with Crippen LogP contribution in [0.5, 0.6) is 0 Å². The van der Waals surface area contributed by atoms with E-state index in [1.54, 1.807) is 0 Å². The van der Waals surface area contributed by atoms with Crippen molar-refractivity contribution in [1.82, 2.24) is 0 Å². The SMILES string of the molecule is Nc1ccc(-c2cc(=O)c3c(N)c(F)c(F)c(F)c3o2)cc1F. The topological polar surface area (TPSA) is 82.2 Å². The van der Waals surface area contributed by atoms with Crippen LogP contribution in [0, 0.1) is 23.3 Å². The van der Waals surface area contributed by atoms with Crippen molar-refractivity contribution >= 4 is 22.3 Å². The Hall–Kier alpha value is -3.03. The van der Waals surface area contributed by atoms with Crippen molar-refractivity contribution in [2.24, 2.45) is 0 Å². The molecule has 2 aromatic carbocycles. The van der Waals surface area contributed by atoms with Gasteiger partial charge in [-0.1, -0.05) is 0 Å². The molecular weight excluding hydrogens is 316 g/mol. The van der Waals surface area contributed by atoms with Crippen molar-refractivity contribution in [3.63, 3.8) is 0 Å². The standard InChI is InChI=1S/C15H8F4N2O2/c16-6-3-5(1-2-7(6)20)9-4-8(22)10-14(21)12(18)11(17)13(19)15(10)23-9/h1-4H,20-21H2. The number of benzene rings is 2. The number of hydrogen-bond donors (Lipinski definition) is 2. The molecule has 0 spiro atoms. The first kappa shape index (κ1) is 14.9. The summed E-state index contributed by atoms with van der Waals surface area (Å²) in [4.78, 5) is 12.0. The number of hydrogen-bond acceptors (Lipinski definition) is 4. The van der Waals surface area contributed by atoms with Crippen LogP contribution in [0.15, 0.2) is 33.5 Å². The van der Waals surface area contributed by atoms with Crippen molar-refractivity contribution in [2.45, 2.75) is 0 Å².